The molecule has 1 saturated carbocycles. The van der Waals surface area contributed by atoms with Crippen LogP contribution in [0.15, 0.2) is 18.2 Å². The molecule has 1 fully saturated rings. The molecule has 1 aromatic carbocycles. The Balaban J connectivity index is 1.97. The van der Waals surface area contributed by atoms with Gasteiger partial charge < -0.3 is 15.8 Å². The summed E-state index contributed by atoms with van der Waals surface area (Å²) in [6.07, 6.45) is 3.34. The monoisotopic (exact) mass is 324 g/mol. The second-order valence-corrected chi connectivity index (χ2v) is 6.03. The Morgan fingerprint density at radius 3 is 2.86 bits per heavy atom. The summed E-state index contributed by atoms with van der Waals surface area (Å²) >= 11 is 6.14. The minimum Gasteiger partial charge on any atom is -0.496 e. The van der Waals surface area contributed by atoms with Crippen molar-refractivity contribution in [2.24, 2.45) is 11.7 Å². The van der Waals surface area contributed by atoms with Gasteiger partial charge in [0.2, 0.25) is 11.8 Å². The summed E-state index contributed by atoms with van der Waals surface area (Å²) < 4.78 is 5.24. The van der Waals surface area contributed by atoms with Crippen LogP contribution in [-0.4, -0.2) is 25.0 Å². The van der Waals surface area contributed by atoms with Crippen molar-refractivity contribution in [1.82, 2.24) is 5.32 Å². The van der Waals surface area contributed by atoms with Crippen molar-refractivity contribution in [2.45, 2.75) is 38.1 Å². The second-order valence-electron chi connectivity index (χ2n) is 5.63. The molecule has 6 heteroatoms. The Morgan fingerprint density at radius 1 is 1.41 bits per heavy atom. The highest BCUT2D eigenvalue weighted by atomic mass is 35.5. The number of halogens is 1. The van der Waals surface area contributed by atoms with Gasteiger partial charge in [0, 0.05) is 22.5 Å². The summed E-state index contributed by atoms with van der Waals surface area (Å²) in [7, 11) is 1.55. The van der Waals surface area contributed by atoms with Crippen LogP contribution in [0.25, 0.3) is 0 Å². The molecule has 0 unspecified atom stereocenters. The van der Waals surface area contributed by atoms with Gasteiger partial charge in [-0.15, -0.1) is 0 Å². The molecule has 120 valence electrons. The largest absolute Gasteiger partial charge is 0.496 e. The number of nitrogens with two attached hydrogens (primary N) is 1. The highest BCUT2D eigenvalue weighted by molar-refractivity contribution is 6.31. The molecule has 0 heterocycles. The van der Waals surface area contributed by atoms with Gasteiger partial charge in [0.25, 0.3) is 0 Å². The van der Waals surface area contributed by atoms with E-state index in [0.29, 0.717) is 22.8 Å². The fourth-order valence-electron chi connectivity index (χ4n) is 2.92. The van der Waals surface area contributed by atoms with E-state index in [2.05, 4.69) is 5.32 Å². The summed E-state index contributed by atoms with van der Waals surface area (Å²) in [5, 5.41) is 3.48. The van der Waals surface area contributed by atoms with Gasteiger partial charge in [-0.05, 0) is 31.4 Å². The number of rotatable bonds is 5. The fraction of sp³-hybridized carbons (Fsp3) is 0.500. The topological polar surface area (TPSA) is 81.4 Å². The van der Waals surface area contributed by atoms with E-state index in [0.717, 1.165) is 19.3 Å². The molecule has 0 spiro atoms. The predicted molar refractivity (Wildman–Crippen MR) is 84.8 cm³/mol. The van der Waals surface area contributed by atoms with Gasteiger partial charge in [0.1, 0.15) is 5.75 Å². The quantitative estimate of drug-likeness (QED) is 0.869. The third-order valence-corrected chi connectivity index (χ3v) is 4.43. The molecule has 0 bridgehead atoms. The first-order valence-electron chi connectivity index (χ1n) is 7.41. The molecule has 0 aromatic heterocycles. The number of benzene rings is 1. The van der Waals surface area contributed by atoms with Crippen molar-refractivity contribution in [3.05, 3.63) is 28.8 Å². The van der Waals surface area contributed by atoms with Crippen LogP contribution < -0.4 is 15.8 Å². The van der Waals surface area contributed by atoms with Crippen LogP contribution in [0.2, 0.25) is 5.02 Å². The Hall–Kier alpha value is -1.75. The van der Waals surface area contributed by atoms with Crippen LogP contribution >= 0.6 is 11.6 Å². The summed E-state index contributed by atoms with van der Waals surface area (Å²) in [4.78, 5) is 23.5. The van der Waals surface area contributed by atoms with Gasteiger partial charge in [0.05, 0.1) is 13.5 Å². The molecular weight excluding hydrogens is 304 g/mol. The Bertz CT molecular complexity index is 562. The van der Waals surface area contributed by atoms with Crippen molar-refractivity contribution in [2.75, 3.05) is 7.11 Å². The van der Waals surface area contributed by atoms with E-state index < -0.39 is 0 Å². The normalized spacial score (nSPS) is 21.2. The lowest BCUT2D eigenvalue weighted by Gasteiger charge is -2.28. The predicted octanol–water partition coefficient (Wildman–Crippen LogP) is 2.05. The molecule has 2 atom stereocenters. The average molecular weight is 325 g/mol. The molecule has 0 radical (unpaired) electrons. The number of hydrogen-bond acceptors (Lipinski definition) is 3. The van der Waals surface area contributed by atoms with E-state index in [4.69, 9.17) is 22.1 Å². The van der Waals surface area contributed by atoms with Gasteiger partial charge >= 0.3 is 0 Å². The average Bonchev–Trinajstić information content (AvgIpc) is 2.49. The van der Waals surface area contributed by atoms with Gasteiger partial charge in [0.15, 0.2) is 0 Å². The van der Waals surface area contributed by atoms with E-state index in [1.807, 2.05) is 0 Å². The molecule has 1 aliphatic carbocycles. The molecular formula is C16H21ClN2O3. The zero-order valence-electron chi connectivity index (χ0n) is 12.6. The van der Waals surface area contributed by atoms with Gasteiger partial charge in [-0.3, -0.25) is 9.59 Å². The van der Waals surface area contributed by atoms with Crippen molar-refractivity contribution in [3.8, 4) is 5.75 Å². The van der Waals surface area contributed by atoms with E-state index in [1.54, 1.807) is 25.3 Å². The summed E-state index contributed by atoms with van der Waals surface area (Å²) in [6, 6.07) is 5.28. The molecule has 22 heavy (non-hydrogen) atoms. The van der Waals surface area contributed by atoms with Crippen molar-refractivity contribution >= 4 is 23.4 Å². The van der Waals surface area contributed by atoms with Gasteiger partial charge in [-0.25, -0.2) is 0 Å². The molecule has 1 aliphatic rings. The van der Waals surface area contributed by atoms with Crippen LogP contribution in [0, 0.1) is 5.92 Å². The van der Waals surface area contributed by atoms with Gasteiger partial charge in [-0.2, -0.15) is 0 Å². The first-order chi connectivity index (χ1) is 10.5. The summed E-state index contributed by atoms with van der Waals surface area (Å²) in [5.41, 5.74) is 6.03. The fourth-order valence-corrected chi connectivity index (χ4v) is 3.15. The maximum Gasteiger partial charge on any atom is 0.224 e. The van der Waals surface area contributed by atoms with Crippen LogP contribution in [-0.2, 0) is 16.0 Å². The van der Waals surface area contributed by atoms with Crippen LogP contribution in [0.5, 0.6) is 5.75 Å². The third-order valence-electron chi connectivity index (χ3n) is 4.07. The maximum atomic E-state index is 12.2. The smallest absolute Gasteiger partial charge is 0.224 e. The maximum absolute atomic E-state index is 12.2. The first-order valence-corrected chi connectivity index (χ1v) is 7.79. The standard InChI is InChI=1S/C16H21ClN2O3/c1-22-14-7-3-6-13(17)12(14)9-15(20)19-11-5-2-4-10(8-11)16(18)21/h3,6-7,10-11H,2,4-5,8-9H2,1H3,(H2,18,21)(H,19,20)/t10-,11+/m0/s1. The minimum atomic E-state index is -0.285. The van der Waals surface area contributed by atoms with Crippen LogP contribution in [0.4, 0.5) is 0 Å². The molecule has 5 nitrogen and oxygen atoms in total. The van der Waals surface area contributed by atoms with Crippen LogP contribution in [0.3, 0.4) is 0 Å². The summed E-state index contributed by atoms with van der Waals surface area (Å²) in [6.45, 7) is 0. The zero-order valence-corrected chi connectivity index (χ0v) is 13.4. The summed E-state index contributed by atoms with van der Waals surface area (Å²) in [5.74, 6) is 0.0449. The lowest BCUT2D eigenvalue weighted by Crippen LogP contribution is -2.41. The van der Waals surface area contributed by atoms with E-state index in [-0.39, 0.29) is 30.2 Å². The van der Waals surface area contributed by atoms with E-state index >= 15 is 0 Å². The number of hydrogen-bond donors (Lipinski definition) is 2. The number of carbonyl (C=O) groups is 2. The third kappa shape index (κ3) is 4.13. The highest BCUT2D eigenvalue weighted by Crippen LogP contribution is 2.27. The second kappa shape index (κ2) is 7.49. The molecule has 0 saturated heterocycles. The molecule has 2 amide bonds. The van der Waals surface area contributed by atoms with Crippen molar-refractivity contribution < 1.29 is 14.3 Å². The Labute approximate surface area is 135 Å². The first kappa shape index (κ1) is 16.6. The Morgan fingerprint density at radius 2 is 2.18 bits per heavy atom. The highest BCUT2D eigenvalue weighted by Gasteiger charge is 2.26. The number of primary amides is 1. The van der Waals surface area contributed by atoms with E-state index in [9.17, 15) is 9.59 Å². The van der Waals surface area contributed by atoms with Crippen LogP contribution in [0.1, 0.15) is 31.2 Å². The molecule has 1 aromatic rings. The lowest BCUT2D eigenvalue weighted by molar-refractivity contribution is -0.125. The number of methoxy groups -OCH3 is 1. The Kier molecular flexibility index (Phi) is 5.66. The van der Waals surface area contributed by atoms with E-state index in [1.165, 1.54) is 0 Å². The number of amides is 2. The number of carbonyl (C=O) groups excluding carboxylic acids is 2. The SMILES string of the molecule is COc1cccc(Cl)c1CC(=O)N[C@@H]1CCC[C@H](C(N)=O)C1. The van der Waals surface area contributed by atoms with Crippen molar-refractivity contribution in [3.63, 3.8) is 0 Å². The lowest BCUT2D eigenvalue weighted by atomic mass is 9.85. The van der Waals surface area contributed by atoms with Crippen molar-refractivity contribution in [1.29, 1.82) is 0 Å². The zero-order chi connectivity index (χ0) is 16.1. The number of nitrogens with one attached hydrogen (secondary N) is 1. The number of ether oxygens (including phenoxy) is 1. The minimum absolute atomic E-state index is 0.00719. The molecule has 0 aliphatic heterocycles. The molecule has 3 N–H and O–H groups in total. The van der Waals surface area contributed by atoms with Gasteiger partial charge in [-0.1, -0.05) is 24.1 Å². The molecule has 2 rings (SSSR count).